The molecular formula is C11H18N2O2S. The molecule has 1 aromatic rings. The molecule has 4 nitrogen and oxygen atoms in total. The van der Waals surface area contributed by atoms with Crippen molar-refractivity contribution in [2.24, 2.45) is 5.73 Å². The quantitative estimate of drug-likeness (QED) is 0.818. The minimum absolute atomic E-state index is 0.115. The van der Waals surface area contributed by atoms with Crippen LogP contribution >= 0.6 is 0 Å². The number of rotatable bonds is 5. The third-order valence-electron chi connectivity index (χ3n) is 2.51. The first-order chi connectivity index (χ1) is 7.51. The molecule has 5 heteroatoms. The number of sulfonamides is 1. The fourth-order valence-corrected chi connectivity index (χ4v) is 2.27. The van der Waals surface area contributed by atoms with Gasteiger partial charge in [0.05, 0.1) is 10.9 Å². The molecule has 0 bridgehead atoms. The van der Waals surface area contributed by atoms with E-state index in [4.69, 9.17) is 5.73 Å². The van der Waals surface area contributed by atoms with Crippen molar-refractivity contribution in [3.05, 3.63) is 29.8 Å². The van der Waals surface area contributed by atoms with Gasteiger partial charge in [0.15, 0.2) is 0 Å². The van der Waals surface area contributed by atoms with E-state index >= 15 is 0 Å². The van der Waals surface area contributed by atoms with Gasteiger partial charge in [-0.1, -0.05) is 25.1 Å². The van der Waals surface area contributed by atoms with Crippen LogP contribution < -0.4 is 10.5 Å². The molecule has 16 heavy (non-hydrogen) atoms. The van der Waals surface area contributed by atoms with Crippen LogP contribution in [0.2, 0.25) is 0 Å². The molecule has 0 saturated heterocycles. The highest BCUT2D eigenvalue weighted by Gasteiger charge is 2.19. The van der Waals surface area contributed by atoms with E-state index < -0.39 is 15.3 Å². The Morgan fingerprint density at radius 1 is 1.38 bits per heavy atom. The van der Waals surface area contributed by atoms with Gasteiger partial charge in [-0.3, -0.25) is 4.72 Å². The molecule has 0 fully saturated rings. The number of anilines is 1. The molecule has 0 aliphatic rings. The van der Waals surface area contributed by atoms with E-state index in [1.165, 1.54) is 0 Å². The summed E-state index contributed by atoms with van der Waals surface area (Å²) in [6.07, 6.45) is 0.787. The summed E-state index contributed by atoms with van der Waals surface area (Å²) in [4.78, 5) is 0. The number of para-hydroxylation sites is 1. The maximum Gasteiger partial charge on any atom is 0.236 e. The molecule has 1 atom stereocenters. The molecule has 0 aliphatic carbocycles. The van der Waals surface area contributed by atoms with Crippen LogP contribution in [0.15, 0.2) is 24.3 Å². The monoisotopic (exact) mass is 242 g/mol. The third kappa shape index (κ3) is 2.96. The molecule has 1 aromatic carbocycles. The Kier molecular flexibility index (Phi) is 4.32. The van der Waals surface area contributed by atoms with Crippen molar-refractivity contribution in [2.45, 2.75) is 25.5 Å². The summed E-state index contributed by atoms with van der Waals surface area (Å²) in [5.74, 6) is 0. The van der Waals surface area contributed by atoms with E-state index in [0.717, 1.165) is 12.0 Å². The highest BCUT2D eigenvalue weighted by molar-refractivity contribution is 7.93. The topological polar surface area (TPSA) is 72.2 Å². The smallest absolute Gasteiger partial charge is 0.236 e. The molecule has 0 radical (unpaired) electrons. The molecule has 0 saturated carbocycles. The fraction of sp³-hybridized carbons (Fsp3) is 0.455. The van der Waals surface area contributed by atoms with Crippen LogP contribution in [0, 0.1) is 0 Å². The van der Waals surface area contributed by atoms with Gasteiger partial charge in [0.25, 0.3) is 0 Å². The molecule has 3 N–H and O–H groups in total. The standard InChI is InChI=1S/C11H18N2O2S/c1-3-10-6-4-5-7-11(10)13-16(14,15)9(2)8-12/h4-7,9,13H,3,8,12H2,1-2H3. The summed E-state index contributed by atoms with van der Waals surface area (Å²) in [5.41, 5.74) is 6.99. The second kappa shape index (κ2) is 5.32. The Labute approximate surface area is 96.9 Å². The van der Waals surface area contributed by atoms with E-state index in [2.05, 4.69) is 4.72 Å². The molecule has 0 aliphatic heterocycles. The van der Waals surface area contributed by atoms with Gasteiger partial charge in [-0.25, -0.2) is 8.42 Å². The van der Waals surface area contributed by atoms with E-state index in [9.17, 15) is 8.42 Å². The average Bonchev–Trinajstić information content (AvgIpc) is 2.28. The molecule has 1 unspecified atom stereocenters. The first kappa shape index (κ1) is 13.0. The summed E-state index contributed by atoms with van der Waals surface area (Å²) in [6, 6.07) is 7.37. The van der Waals surface area contributed by atoms with Crippen LogP contribution in [0.4, 0.5) is 5.69 Å². The van der Waals surface area contributed by atoms with Crippen molar-refractivity contribution in [3.8, 4) is 0 Å². The fourth-order valence-electron chi connectivity index (χ4n) is 1.31. The zero-order chi connectivity index (χ0) is 12.2. The number of nitrogens with one attached hydrogen (secondary N) is 1. The first-order valence-corrected chi connectivity index (χ1v) is 6.85. The second-order valence-electron chi connectivity index (χ2n) is 3.70. The van der Waals surface area contributed by atoms with Crippen LogP contribution in [-0.2, 0) is 16.4 Å². The second-order valence-corrected chi connectivity index (χ2v) is 5.80. The lowest BCUT2D eigenvalue weighted by atomic mass is 10.1. The molecule has 0 aromatic heterocycles. The summed E-state index contributed by atoms with van der Waals surface area (Å²) in [6.45, 7) is 3.69. The van der Waals surface area contributed by atoms with Crippen LogP contribution in [-0.4, -0.2) is 20.2 Å². The highest BCUT2D eigenvalue weighted by Crippen LogP contribution is 2.18. The van der Waals surface area contributed by atoms with E-state index in [1.807, 2.05) is 25.1 Å². The Hall–Kier alpha value is -1.07. The lowest BCUT2D eigenvalue weighted by Gasteiger charge is -2.15. The van der Waals surface area contributed by atoms with Crippen LogP contribution in [0.1, 0.15) is 19.4 Å². The normalized spacial score (nSPS) is 13.4. The van der Waals surface area contributed by atoms with E-state index in [0.29, 0.717) is 5.69 Å². The summed E-state index contributed by atoms with van der Waals surface area (Å²) < 4.78 is 26.2. The Balaban J connectivity index is 2.96. The largest absolute Gasteiger partial charge is 0.329 e. The van der Waals surface area contributed by atoms with Gasteiger partial charge in [0.2, 0.25) is 10.0 Å². The predicted octanol–water partition coefficient (Wildman–Crippen LogP) is 1.34. The molecule has 0 amide bonds. The van der Waals surface area contributed by atoms with Crippen molar-refractivity contribution in [1.29, 1.82) is 0 Å². The maximum atomic E-state index is 11.8. The maximum absolute atomic E-state index is 11.8. The number of nitrogens with two attached hydrogens (primary N) is 1. The molecular weight excluding hydrogens is 224 g/mol. The number of hydrogen-bond donors (Lipinski definition) is 2. The SMILES string of the molecule is CCc1ccccc1NS(=O)(=O)C(C)CN. The summed E-state index contributed by atoms with van der Waals surface area (Å²) >= 11 is 0. The highest BCUT2D eigenvalue weighted by atomic mass is 32.2. The van der Waals surface area contributed by atoms with E-state index in [-0.39, 0.29) is 6.54 Å². The number of benzene rings is 1. The summed E-state index contributed by atoms with van der Waals surface area (Å²) in [7, 11) is -3.37. The predicted molar refractivity (Wildman–Crippen MR) is 66.9 cm³/mol. The van der Waals surface area contributed by atoms with Crippen molar-refractivity contribution in [3.63, 3.8) is 0 Å². The number of hydrogen-bond acceptors (Lipinski definition) is 3. The van der Waals surface area contributed by atoms with Gasteiger partial charge < -0.3 is 5.73 Å². The van der Waals surface area contributed by atoms with Gasteiger partial charge in [-0.2, -0.15) is 0 Å². The molecule has 0 heterocycles. The third-order valence-corrected chi connectivity index (χ3v) is 4.27. The lowest BCUT2D eigenvalue weighted by molar-refractivity contribution is 0.589. The molecule has 0 spiro atoms. The first-order valence-electron chi connectivity index (χ1n) is 5.31. The molecule has 90 valence electrons. The van der Waals surface area contributed by atoms with Crippen molar-refractivity contribution in [2.75, 3.05) is 11.3 Å². The van der Waals surface area contributed by atoms with Crippen LogP contribution in [0.5, 0.6) is 0 Å². The Morgan fingerprint density at radius 3 is 2.56 bits per heavy atom. The zero-order valence-corrected chi connectivity index (χ0v) is 10.4. The Bertz CT molecular complexity index is 443. The van der Waals surface area contributed by atoms with Gasteiger partial charge in [0.1, 0.15) is 0 Å². The van der Waals surface area contributed by atoms with Gasteiger partial charge in [-0.15, -0.1) is 0 Å². The van der Waals surface area contributed by atoms with E-state index in [1.54, 1.807) is 13.0 Å². The van der Waals surface area contributed by atoms with Crippen LogP contribution in [0.3, 0.4) is 0 Å². The lowest BCUT2D eigenvalue weighted by Crippen LogP contribution is -2.31. The molecule has 1 rings (SSSR count). The zero-order valence-electron chi connectivity index (χ0n) is 9.60. The number of aryl methyl sites for hydroxylation is 1. The van der Waals surface area contributed by atoms with Gasteiger partial charge in [-0.05, 0) is 25.0 Å². The average molecular weight is 242 g/mol. The van der Waals surface area contributed by atoms with Gasteiger partial charge in [0, 0.05) is 6.54 Å². The summed E-state index contributed by atoms with van der Waals surface area (Å²) in [5, 5.41) is -0.586. The van der Waals surface area contributed by atoms with Crippen molar-refractivity contribution < 1.29 is 8.42 Å². The Morgan fingerprint density at radius 2 is 2.00 bits per heavy atom. The van der Waals surface area contributed by atoms with Crippen LogP contribution in [0.25, 0.3) is 0 Å². The minimum atomic E-state index is -3.37. The van der Waals surface area contributed by atoms with Gasteiger partial charge >= 0.3 is 0 Å². The van der Waals surface area contributed by atoms with Crippen molar-refractivity contribution >= 4 is 15.7 Å². The van der Waals surface area contributed by atoms with Crippen molar-refractivity contribution in [1.82, 2.24) is 0 Å². The minimum Gasteiger partial charge on any atom is -0.329 e.